The molecule has 0 saturated carbocycles. The van der Waals surface area contributed by atoms with E-state index in [0.29, 0.717) is 12.2 Å². The first-order chi connectivity index (χ1) is 7.60. The molecular weight excluding hydrogens is 211 g/mol. The summed E-state index contributed by atoms with van der Waals surface area (Å²) in [5, 5.41) is 9.09. The van der Waals surface area contributed by atoms with Gasteiger partial charge in [-0.3, -0.25) is 4.79 Å². The Kier molecular flexibility index (Phi) is 4.25. The second-order valence-electron chi connectivity index (χ2n) is 3.38. The minimum Gasteiger partial charge on any atom is -0.391 e. The third kappa shape index (κ3) is 2.70. The number of nitrogens with zero attached hydrogens (tertiary/aromatic N) is 1. The number of aliphatic hydroxyl groups excluding tert-OH is 1. The summed E-state index contributed by atoms with van der Waals surface area (Å²) in [5.41, 5.74) is 5.79. The summed E-state index contributed by atoms with van der Waals surface area (Å²) in [5.74, 6) is -0.974. The van der Waals surface area contributed by atoms with Gasteiger partial charge in [-0.05, 0) is 19.1 Å². The number of rotatable bonds is 5. The van der Waals surface area contributed by atoms with Crippen LogP contribution >= 0.6 is 0 Å². The zero-order valence-electron chi connectivity index (χ0n) is 9.11. The van der Waals surface area contributed by atoms with E-state index in [1.54, 1.807) is 11.0 Å². The zero-order chi connectivity index (χ0) is 12.1. The van der Waals surface area contributed by atoms with Crippen molar-refractivity contribution in [1.29, 1.82) is 0 Å². The number of carbonyl (C=O) groups excluding carboxylic acids is 1. The Hall–Kier alpha value is -1.62. The van der Waals surface area contributed by atoms with Crippen molar-refractivity contribution in [3.05, 3.63) is 29.6 Å². The molecular formula is C11H15FN2O2. The summed E-state index contributed by atoms with van der Waals surface area (Å²) in [6.45, 7) is 1.94. The van der Waals surface area contributed by atoms with Gasteiger partial charge in [-0.1, -0.05) is 6.07 Å². The topological polar surface area (TPSA) is 66.6 Å². The Morgan fingerprint density at radius 3 is 2.75 bits per heavy atom. The first-order valence-electron chi connectivity index (χ1n) is 5.01. The molecule has 1 rings (SSSR count). The van der Waals surface area contributed by atoms with Crippen molar-refractivity contribution in [2.75, 3.05) is 18.0 Å². The van der Waals surface area contributed by atoms with Crippen molar-refractivity contribution in [3.63, 3.8) is 0 Å². The lowest BCUT2D eigenvalue weighted by atomic mass is 10.1. The first-order valence-corrected chi connectivity index (χ1v) is 5.01. The summed E-state index contributed by atoms with van der Waals surface area (Å²) >= 11 is 0. The molecule has 0 heterocycles. The molecule has 3 N–H and O–H groups in total. The standard InChI is InChI=1S/C11H15FN2O2/c1-2-14(6-11(13)16)10-5-3-4-9(12)8(10)7-15/h3-5,15H,2,6-7H2,1H3,(H2,13,16). The first kappa shape index (κ1) is 12.4. The number of anilines is 1. The predicted octanol–water partition coefficient (Wildman–Crippen LogP) is 0.630. The fourth-order valence-electron chi connectivity index (χ4n) is 1.56. The minimum atomic E-state index is -0.491. The molecule has 88 valence electrons. The van der Waals surface area contributed by atoms with Crippen LogP contribution in [0.1, 0.15) is 12.5 Å². The number of halogens is 1. The van der Waals surface area contributed by atoms with Crippen molar-refractivity contribution in [3.8, 4) is 0 Å². The Balaban J connectivity index is 3.08. The lowest BCUT2D eigenvalue weighted by Gasteiger charge is -2.23. The lowest BCUT2D eigenvalue weighted by molar-refractivity contribution is -0.116. The molecule has 0 atom stereocenters. The number of amides is 1. The van der Waals surface area contributed by atoms with Gasteiger partial charge in [-0.15, -0.1) is 0 Å². The van der Waals surface area contributed by atoms with E-state index in [9.17, 15) is 9.18 Å². The predicted molar refractivity (Wildman–Crippen MR) is 59.4 cm³/mol. The van der Waals surface area contributed by atoms with Crippen LogP contribution in [0, 0.1) is 5.82 Å². The molecule has 0 spiro atoms. The molecule has 0 aliphatic carbocycles. The summed E-state index contributed by atoms with van der Waals surface area (Å²) in [6.07, 6.45) is 0. The van der Waals surface area contributed by atoms with E-state index in [-0.39, 0.29) is 12.1 Å². The van der Waals surface area contributed by atoms with Gasteiger partial charge in [0.15, 0.2) is 0 Å². The van der Waals surface area contributed by atoms with Crippen LogP contribution in [0.4, 0.5) is 10.1 Å². The van der Waals surface area contributed by atoms with Crippen LogP contribution in [0.15, 0.2) is 18.2 Å². The van der Waals surface area contributed by atoms with Crippen LogP contribution in [0.25, 0.3) is 0 Å². The fraction of sp³-hybridized carbons (Fsp3) is 0.364. The Labute approximate surface area is 93.5 Å². The van der Waals surface area contributed by atoms with Crippen LogP contribution < -0.4 is 10.6 Å². The number of aliphatic hydroxyl groups is 1. The van der Waals surface area contributed by atoms with Crippen molar-refractivity contribution >= 4 is 11.6 Å². The molecule has 0 aromatic heterocycles. The maximum absolute atomic E-state index is 13.4. The molecule has 1 amide bonds. The fourth-order valence-corrected chi connectivity index (χ4v) is 1.56. The van der Waals surface area contributed by atoms with E-state index >= 15 is 0 Å². The second-order valence-corrected chi connectivity index (χ2v) is 3.38. The lowest BCUT2D eigenvalue weighted by Crippen LogP contribution is -2.34. The van der Waals surface area contributed by atoms with E-state index in [0.717, 1.165) is 0 Å². The summed E-state index contributed by atoms with van der Waals surface area (Å²) < 4.78 is 13.4. The normalized spacial score (nSPS) is 10.2. The summed E-state index contributed by atoms with van der Waals surface area (Å²) in [7, 11) is 0. The number of hydrogen-bond donors (Lipinski definition) is 2. The zero-order valence-corrected chi connectivity index (χ0v) is 9.11. The number of likely N-dealkylation sites (N-methyl/N-ethyl adjacent to an activating group) is 1. The highest BCUT2D eigenvalue weighted by molar-refractivity contribution is 5.79. The van der Waals surface area contributed by atoms with E-state index < -0.39 is 18.3 Å². The number of benzene rings is 1. The molecule has 16 heavy (non-hydrogen) atoms. The molecule has 0 radical (unpaired) electrons. The van der Waals surface area contributed by atoms with Crippen molar-refractivity contribution in [1.82, 2.24) is 0 Å². The van der Waals surface area contributed by atoms with E-state index in [1.807, 2.05) is 6.92 Å². The van der Waals surface area contributed by atoms with E-state index in [2.05, 4.69) is 0 Å². The van der Waals surface area contributed by atoms with Gasteiger partial charge < -0.3 is 15.7 Å². The average Bonchev–Trinajstić information content (AvgIpc) is 2.25. The van der Waals surface area contributed by atoms with Gasteiger partial charge in [-0.25, -0.2) is 4.39 Å². The molecule has 0 aliphatic rings. The minimum absolute atomic E-state index is 0.00690. The molecule has 1 aromatic carbocycles. The number of primary amides is 1. The van der Waals surface area contributed by atoms with Crippen LogP contribution in [0.3, 0.4) is 0 Å². The molecule has 0 aliphatic heterocycles. The molecule has 1 aromatic rings. The van der Waals surface area contributed by atoms with Gasteiger partial charge in [0.25, 0.3) is 0 Å². The van der Waals surface area contributed by atoms with E-state index in [1.165, 1.54) is 12.1 Å². The van der Waals surface area contributed by atoms with Crippen molar-refractivity contribution in [2.45, 2.75) is 13.5 Å². The highest BCUT2D eigenvalue weighted by Gasteiger charge is 2.14. The van der Waals surface area contributed by atoms with Crippen LogP contribution in [-0.2, 0) is 11.4 Å². The number of hydrogen-bond acceptors (Lipinski definition) is 3. The van der Waals surface area contributed by atoms with Gasteiger partial charge in [-0.2, -0.15) is 0 Å². The van der Waals surface area contributed by atoms with Crippen molar-refractivity contribution < 1.29 is 14.3 Å². The highest BCUT2D eigenvalue weighted by Crippen LogP contribution is 2.22. The molecule has 5 heteroatoms. The maximum Gasteiger partial charge on any atom is 0.236 e. The summed E-state index contributed by atoms with van der Waals surface area (Å²) in [4.78, 5) is 12.5. The van der Waals surface area contributed by atoms with Crippen molar-refractivity contribution in [2.24, 2.45) is 5.73 Å². The number of nitrogens with two attached hydrogens (primary N) is 1. The Bertz CT molecular complexity index is 382. The highest BCUT2D eigenvalue weighted by atomic mass is 19.1. The molecule has 0 unspecified atom stereocenters. The quantitative estimate of drug-likeness (QED) is 0.773. The third-order valence-corrected chi connectivity index (χ3v) is 2.32. The second kappa shape index (κ2) is 5.46. The SMILES string of the molecule is CCN(CC(N)=O)c1cccc(F)c1CO. The third-order valence-electron chi connectivity index (χ3n) is 2.32. The number of carbonyl (C=O) groups is 1. The average molecular weight is 226 g/mol. The molecule has 0 bridgehead atoms. The molecule has 4 nitrogen and oxygen atoms in total. The smallest absolute Gasteiger partial charge is 0.236 e. The van der Waals surface area contributed by atoms with Gasteiger partial charge in [0.05, 0.1) is 13.2 Å². The summed E-state index contributed by atoms with van der Waals surface area (Å²) in [6, 6.07) is 4.46. The molecule has 0 saturated heterocycles. The molecule has 0 fully saturated rings. The van der Waals surface area contributed by atoms with Crippen LogP contribution in [-0.4, -0.2) is 24.1 Å². The maximum atomic E-state index is 13.4. The van der Waals surface area contributed by atoms with Crippen LogP contribution in [0.5, 0.6) is 0 Å². The van der Waals surface area contributed by atoms with E-state index in [4.69, 9.17) is 10.8 Å². The largest absolute Gasteiger partial charge is 0.391 e. The Morgan fingerprint density at radius 1 is 1.56 bits per heavy atom. The Morgan fingerprint density at radius 2 is 2.25 bits per heavy atom. The monoisotopic (exact) mass is 226 g/mol. The van der Waals surface area contributed by atoms with Gasteiger partial charge in [0, 0.05) is 17.8 Å². The van der Waals surface area contributed by atoms with Gasteiger partial charge in [0.1, 0.15) is 5.82 Å². The van der Waals surface area contributed by atoms with Gasteiger partial charge in [0.2, 0.25) is 5.91 Å². The van der Waals surface area contributed by atoms with Crippen LogP contribution in [0.2, 0.25) is 0 Å². The van der Waals surface area contributed by atoms with Gasteiger partial charge >= 0.3 is 0 Å².